The number of carbonyl (C=O) groups is 2. The summed E-state index contributed by atoms with van der Waals surface area (Å²) in [5.74, 6) is -4.12. The zero-order chi connectivity index (χ0) is 8.31. The van der Waals surface area contributed by atoms with Crippen LogP contribution in [0.1, 0.15) is 0 Å². The summed E-state index contributed by atoms with van der Waals surface area (Å²) in [5.41, 5.74) is 0. The van der Waals surface area contributed by atoms with Crippen LogP contribution in [0.3, 0.4) is 0 Å². The van der Waals surface area contributed by atoms with Crippen molar-refractivity contribution < 1.29 is 30.0 Å². The first-order valence-corrected chi connectivity index (χ1v) is 2.24. The Hall–Kier alpha value is 0.431. The molecule has 0 aromatic rings. The number of hydrogen-bond donors (Lipinski definition) is 2. The maximum atomic E-state index is 9.63. The SMILES string of the molecule is O=C([O-])[C@H](O)[C@@H](O)C(=O)[O-].[Ba+2]. The monoisotopic (exact) mass is 286 g/mol. The molecule has 0 rings (SSSR count). The Morgan fingerprint density at radius 3 is 1.27 bits per heavy atom. The maximum Gasteiger partial charge on any atom is 2.00 e. The third-order valence-electron chi connectivity index (χ3n) is 0.782. The summed E-state index contributed by atoms with van der Waals surface area (Å²) in [6.45, 7) is 0. The van der Waals surface area contributed by atoms with E-state index in [1.165, 1.54) is 0 Å². The third-order valence-corrected chi connectivity index (χ3v) is 0.782. The predicted molar refractivity (Wildman–Crippen MR) is 27.8 cm³/mol. The van der Waals surface area contributed by atoms with Gasteiger partial charge in [0.2, 0.25) is 0 Å². The first-order chi connectivity index (χ1) is 4.46. The van der Waals surface area contributed by atoms with Crippen molar-refractivity contribution >= 4 is 60.8 Å². The van der Waals surface area contributed by atoms with Crippen LogP contribution in [-0.2, 0) is 9.59 Å². The minimum atomic E-state index is -2.44. The van der Waals surface area contributed by atoms with E-state index in [2.05, 4.69) is 0 Å². The molecule has 0 saturated carbocycles. The largest absolute Gasteiger partial charge is 2.00 e. The fraction of sp³-hybridized carbons (Fsp3) is 0.500. The molecule has 2 atom stereocenters. The van der Waals surface area contributed by atoms with Crippen LogP contribution in [0.2, 0.25) is 0 Å². The fourth-order valence-corrected chi connectivity index (χ4v) is 0.258. The molecular formula is C4H4BaO6. The number of hydrogen-bond acceptors (Lipinski definition) is 6. The van der Waals surface area contributed by atoms with Crippen LogP contribution in [0.4, 0.5) is 0 Å². The second-order valence-electron chi connectivity index (χ2n) is 1.53. The van der Waals surface area contributed by atoms with Gasteiger partial charge in [-0.05, 0) is 0 Å². The molecule has 6 nitrogen and oxygen atoms in total. The fourth-order valence-electron chi connectivity index (χ4n) is 0.258. The van der Waals surface area contributed by atoms with Crippen molar-refractivity contribution in [2.75, 3.05) is 0 Å². The van der Waals surface area contributed by atoms with Gasteiger partial charge in [-0.3, -0.25) is 0 Å². The number of rotatable bonds is 3. The Bertz CT molecular complexity index is 139. The average molecular weight is 285 g/mol. The van der Waals surface area contributed by atoms with E-state index >= 15 is 0 Å². The molecule has 0 spiro atoms. The van der Waals surface area contributed by atoms with Crippen LogP contribution < -0.4 is 10.2 Å². The molecule has 0 aliphatic heterocycles. The Kier molecular flexibility index (Phi) is 7.63. The van der Waals surface area contributed by atoms with Crippen molar-refractivity contribution in [3.05, 3.63) is 0 Å². The van der Waals surface area contributed by atoms with Crippen molar-refractivity contribution in [3.8, 4) is 0 Å². The summed E-state index contributed by atoms with van der Waals surface area (Å²) in [5, 5.41) is 35.7. The van der Waals surface area contributed by atoms with E-state index in [4.69, 9.17) is 10.2 Å². The molecule has 58 valence electrons. The van der Waals surface area contributed by atoms with E-state index < -0.39 is 24.1 Å². The van der Waals surface area contributed by atoms with E-state index in [0.29, 0.717) is 0 Å². The molecule has 0 aromatic heterocycles. The number of aliphatic hydroxyl groups is 2. The van der Waals surface area contributed by atoms with Gasteiger partial charge in [0.25, 0.3) is 0 Å². The van der Waals surface area contributed by atoms with Gasteiger partial charge in [0, 0.05) is 0 Å². The quantitative estimate of drug-likeness (QED) is 0.500. The van der Waals surface area contributed by atoms with E-state index in [1.807, 2.05) is 0 Å². The normalized spacial score (nSPS) is 14.4. The van der Waals surface area contributed by atoms with Crippen LogP contribution in [0.25, 0.3) is 0 Å². The van der Waals surface area contributed by atoms with Crippen molar-refractivity contribution in [3.63, 3.8) is 0 Å². The molecule has 0 heterocycles. The molecule has 0 radical (unpaired) electrons. The molecule has 0 unspecified atom stereocenters. The van der Waals surface area contributed by atoms with Gasteiger partial charge in [0.1, 0.15) is 12.2 Å². The number of aliphatic hydroxyl groups excluding tert-OH is 2. The molecule has 0 saturated heterocycles. The van der Waals surface area contributed by atoms with E-state index in [1.54, 1.807) is 0 Å². The zero-order valence-electron chi connectivity index (χ0n) is 5.39. The Morgan fingerprint density at radius 2 is 1.18 bits per heavy atom. The van der Waals surface area contributed by atoms with Gasteiger partial charge in [-0.25, -0.2) is 0 Å². The smallest absolute Gasteiger partial charge is 0.547 e. The molecule has 0 bridgehead atoms. The Labute approximate surface area is 102 Å². The van der Waals surface area contributed by atoms with Crippen molar-refractivity contribution in [1.82, 2.24) is 0 Å². The Balaban J connectivity index is 0. The minimum absolute atomic E-state index is 0. The van der Waals surface area contributed by atoms with Crippen molar-refractivity contribution in [2.24, 2.45) is 0 Å². The summed E-state index contributed by atoms with van der Waals surface area (Å²) in [6, 6.07) is 0. The summed E-state index contributed by atoms with van der Waals surface area (Å²) in [4.78, 5) is 19.3. The van der Waals surface area contributed by atoms with Crippen LogP contribution in [0.15, 0.2) is 0 Å². The number of carboxylic acid groups (broad SMARTS) is 2. The molecule has 0 aromatic carbocycles. The van der Waals surface area contributed by atoms with Gasteiger partial charge in [-0.15, -0.1) is 0 Å². The number of carbonyl (C=O) groups excluding carboxylic acids is 2. The number of aliphatic carboxylic acids is 2. The number of carboxylic acids is 2. The summed E-state index contributed by atoms with van der Waals surface area (Å²) in [6.07, 6.45) is -4.88. The zero-order valence-corrected chi connectivity index (χ0v) is 9.83. The molecule has 11 heavy (non-hydrogen) atoms. The van der Waals surface area contributed by atoms with Gasteiger partial charge in [-0.2, -0.15) is 0 Å². The first kappa shape index (κ1) is 14.0. The summed E-state index contributed by atoms with van der Waals surface area (Å²) < 4.78 is 0. The second-order valence-corrected chi connectivity index (χ2v) is 1.53. The standard InChI is InChI=1S/C4H6O6.Ba/c5-1(3(7)8)2(6)4(9)10;/h1-2,5-6H,(H,7,8)(H,9,10);/q;+2/p-2/t1-,2-;/m1./s1. The van der Waals surface area contributed by atoms with Crippen molar-refractivity contribution in [1.29, 1.82) is 0 Å². The second kappa shape index (κ2) is 6.00. The van der Waals surface area contributed by atoms with Crippen LogP contribution >= 0.6 is 0 Å². The van der Waals surface area contributed by atoms with Crippen molar-refractivity contribution in [2.45, 2.75) is 12.2 Å². The van der Waals surface area contributed by atoms with Gasteiger partial charge in [0.05, 0.1) is 11.9 Å². The summed E-state index contributed by atoms with van der Waals surface area (Å²) in [7, 11) is 0. The van der Waals surface area contributed by atoms with Gasteiger partial charge >= 0.3 is 48.9 Å². The molecule has 0 aliphatic rings. The molecule has 0 amide bonds. The van der Waals surface area contributed by atoms with Crippen LogP contribution in [-0.4, -0.2) is 83.2 Å². The predicted octanol–water partition coefficient (Wildman–Crippen LogP) is -5.17. The van der Waals surface area contributed by atoms with E-state index in [9.17, 15) is 19.8 Å². The Morgan fingerprint density at radius 1 is 1.00 bits per heavy atom. The van der Waals surface area contributed by atoms with E-state index in [-0.39, 0.29) is 48.9 Å². The van der Waals surface area contributed by atoms with E-state index in [0.717, 1.165) is 0 Å². The average Bonchev–Trinajstić information content (AvgIpc) is 1.84. The maximum absolute atomic E-state index is 9.63. The molecular weight excluding hydrogens is 281 g/mol. The third kappa shape index (κ3) is 4.80. The summed E-state index contributed by atoms with van der Waals surface area (Å²) >= 11 is 0. The minimum Gasteiger partial charge on any atom is -0.547 e. The molecule has 2 N–H and O–H groups in total. The molecule has 0 fully saturated rings. The molecule has 7 heteroatoms. The van der Waals surface area contributed by atoms with Crippen LogP contribution in [0, 0.1) is 0 Å². The van der Waals surface area contributed by atoms with Gasteiger partial charge in [0.15, 0.2) is 0 Å². The topological polar surface area (TPSA) is 121 Å². The van der Waals surface area contributed by atoms with Gasteiger partial charge < -0.3 is 30.0 Å². The first-order valence-electron chi connectivity index (χ1n) is 2.24. The van der Waals surface area contributed by atoms with Gasteiger partial charge in [-0.1, -0.05) is 0 Å². The molecule has 0 aliphatic carbocycles. The van der Waals surface area contributed by atoms with Crippen LogP contribution in [0.5, 0.6) is 0 Å².